The summed E-state index contributed by atoms with van der Waals surface area (Å²) in [5.74, 6) is 0.335. The fraction of sp³-hybridized carbons (Fsp3) is 0.182. The molecule has 8 heteroatoms. The Hall–Kier alpha value is -3.45. The average molecular weight is 423 g/mol. The van der Waals surface area contributed by atoms with Crippen LogP contribution in [0.5, 0.6) is 0 Å². The monoisotopic (exact) mass is 422 g/mol. The summed E-state index contributed by atoms with van der Waals surface area (Å²) in [5, 5.41) is 8.21. The van der Waals surface area contributed by atoms with E-state index in [9.17, 15) is 9.59 Å². The number of halogens is 1. The number of nitrogens with zero attached hydrogens (tertiary/aromatic N) is 2. The molecule has 2 aromatic carbocycles. The van der Waals surface area contributed by atoms with Crippen molar-refractivity contribution in [3.63, 3.8) is 0 Å². The van der Waals surface area contributed by atoms with Crippen LogP contribution < -0.4 is 10.9 Å². The third-order valence-electron chi connectivity index (χ3n) is 4.71. The maximum Gasteiger partial charge on any atom is 0.259 e. The van der Waals surface area contributed by atoms with Crippen LogP contribution in [0.3, 0.4) is 0 Å². The van der Waals surface area contributed by atoms with Gasteiger partial charge in [0.05, 0.1) is 5.56 Å². The fourth-order valence-electron chi connectivity index (χ4n) is 3.10. The number of hydrogen-bond acceptors (Lipinski definition) is 5. The van der Waals surface area contributed by atoms with E-state index >= 15 is 0 Å². The van der Waals surface area contributed by atoms with Crippen molar-refractivity contribution in [3.05, 3.63) is 80.9 Å². The molecule has 0 saturated heterocycles. The van der Waals surface area contributed by atoms with E-state index in [1.165, 1.54) is 0 Å². The molecule has 7 nitrogen and oxygen atoms in total. The lowest BCUT2D eigenvalue weighted by Gasteiger charge is -2.05. The number of aromatic amines is 1. The molecule has 0 aliphatic rings. The van der Waals surface area contributed by atoms with Gasteiger partial charge in [-0.15, -0.1) is 0 Å². The highest BCUT2D eigenvalue weighted by Crippen LogP contribution is 2.19. The molecular weight excluding hydrogens is 404 g/mol. The van der Waals surface area contributed by atoms with Crippen molar-refractivity contribution in [1.29, 1.82) is 0 Å². The number of aromatic nitrogens is 3. The maximum atomic E-state index is 12.4. The Morgan fingerprint density at radius 3 is 2.87 bits per heavy atom. The zero-order valence-corrected chi connectivity index (χ0v) is 17.0. The lowest BCUT2D eigenvalue weighted by molar-refractivity contribution is -0.121. The van der Waals surface area contributed by atoms with Gasteiger partial charge in [0.25, 0.3) is 5.56 Å². The Bertz CT molecular complexity index is 1280. The van der Waals surface area contributed by atoms with Crippen LogP contribution in [0.2, 0.25) is 5.02 Å². The van der Waals surface area contributed by atoms with Crippen LogP contribution in [0.25, 0.3) is 22.3 Å². The quantitative estimate of drug-likeness (QED) is 0.492. The predicted molar refractivity (Wildman–Crippen MR) is 114 cm³/mol. The Morgan fingerprint density at radius 1 is 1.20 bits per heavy atom. The van der Waals surface area contributed by atoms with Gasteiger partial charge in [-0.25, -0.2) is 0 Å². The van der Waals surface area contributed by atoms with Crippen molar-refractivity contribution in [3.8, 4) is 11.4 Å². The van der Waals surface area contributed by atoms with E-state index < -0.39 is 0 Å². The molecule has 0 bridgehead atoms. The van der Waals surface area contributed by atoms with Gasteiger partial charge < -0.3 is 14.8 Å². The molecule has 0 atom stereocenters. The van der Waals surface area contributed by atoms with Crippen molar-refractivity contribution in [2.75, 3.05) is 0 Å². The van der Waals surface area contributed by atoms with Crippen LogP contribution in [0.4, 0.5) is 0 Å². The number of carbonyl (C=O) groups excluding carboxylic acids is 1. The van der Waals surface area contributed by atoms with Gasteiger partial charge in [0.1, 0.15) is 0 Å². The minimum atomic E-state index is -0.295. The molecule has 152 valence electrons. The largest absolute Gasteiger partial charge is 0.352 e. The smallest absolute Gasteiger partial charge is 0.259 e. The molecule has 0 aliphatic carbocycles. The summed E-state index contributed by atoms with van der Waals surface area (Å²) in [6, 6.07) is 14.8. The van der Waals surface area contributed by atoms with Crippen molar-refractivity contribution < 1.29 is 9.32 Å². The topological polar surface area (TPSA) is 101 Å². The predicted octanol–water partition coefficient (Wildman–Crippen LogP) is 3.79. The van der Waals surface area contributed by atoms with Gasteiger partial charge in [-0.3, -0.25) is 9.59 Å². The highest BCUT2D eigenvalue weighted by Gasteiger charge is 2.14. The highest BCUT2D eigenvalue weighted by molar-refractivity contribution is 6.31. The SMILES string of the molecule is Cc1ccc2[nH]c(=O)c(-c3noc(CCC(=O)NCc4ccccc4Cl)n3)cc2c1. The summed E-state index contributed by atoms with van der Waals surface area (Å²) >= 11 is 6.09. The molecule has 4 rings (SSSR count). The van der Waals surface area contributed by atoms with E-state index in [-0.39, 0.29) is 30.1 Å². The normalized spacial score (nSPS) is 11.0. The second-order valence-corrected chi connectivity index (χ2v) is 7.39. The van der Waals surface area contributed by atoms with Gasteiger partial charge in [0.15, 0.2) is 0 Å². The standard InChI is InChI=1S/C22H19ClN4O3/c1-13-6-7-18-15(10-13)11-16(22(29)25-18)21-26-20(30-27-21)9-8-19(28)24-12-14-4-2-3-5-17(14)23/h2-7,10-11H,8-9,12H2,1H3,(H,24,28)(H,25,29). The molecule has 0 radical (unpaired) electrons. The Labute approximate surface area is 177 Å². The second kappa shape index (κ2) is 8.51. The molecule has 30 heavy (non-hydrogen) atoms. The lowest BCUT2D eigenvalue weighted by atomic mass is 10.1. The fourth-order valence-corrected chi connectivity index (χ4v) is 3.30. The first-order valence-electron chi connectivity index (χ1n) is 9.46. The van der Waals surface area contributed by atoms with Crippen molar-refractivity contribution in [1.82, 2.24) is 20.4 Å². The minimum absolute atomic E-state index is 0.159. The third kappa shape index (κ3) is 4.41. The number of fused-ring (bicyclic) bond motifs is 1. The number of hydrogen-bond donors (Lipinski definition) is 2. The number of benzene rings is 2. The molecule has 0 fully saturated rings. The van der Waals surface area contributed by atoms with E-state index in [0.29, 0.717) is 23.0 Å². The molecule has 1 amide bonds. The Kier molecular flexibility index (Phi) is 5.63. The van der Waals surface area contributed by atoms with Gasteiger partial charge in [0.2, 0.25) is 17.6 Å². The van der Waals surface area contributed by atoms with Crippen LogP contribution >= 0.6 is 11.6 Å². The molecule has 0 saturated carbocycles. The first kappa shape index (κ1) is 19.8. The summed E-state index contributed by atoms with van der Waals surface area (Å²) in [6.07, 6.45) is 0.450. The summed E-state index contributed by atoms with van der Waals surface area (Å²) in [6.45, 7) is 2.33. The van der Waals surface area contributed by atoms with Gasteiger partial charge in [-0.05, 0) is 42.1 Å². The maximum absolute atomic E-state index is 12.4. The number of nitrogens with one attached hydrogen (secondary N) is 2. The highest BCUT2D eigenvalue weighted by atomic mass is 35.5. The van der Waals surface area contributed by atoms with Crippen LogP contribution in [0.15, 0.2) is 57.8 Å². The number of pyridine rings is 1. The van der Waals surface area contributed by atoms with Gasteiger partial charge >= 0.3 is 0 Å². The molecular formula is C22H19ClN4O3. The molecule has 2 heterocycles. The molecule has 2 aromatic heterocycles. The second-order valence-electron chi connectivity index (χ2n) is 6.98. The van der Waals surface area contributed by atoms with Crippen molar-refractivity contribution in [2.24, 2.45) is 0 Å². The zero-order valence-electron chi connectivity index (χ0n) is 16.2. The number of carbonyl (C=O) groups is 1. The molecule has 4 aromatic rings. The van der Waals surface area contributed by atoms with E-state index in [1.807, 2.05) is 43.3 Å². The molecule has 0 unspecified atom stereocenters. The Morgan fingerprint density at radius 2 is 2.03 bits per heavy atom. The van der Waals surface area contributed by atoms with Gasteiger partial charge in [-0.1, -0.05) is 46.6 Å². The number of rotatable bonds is 6. The first-order valence-corrected chi connectivity index (χ1v) is 9.84. The third-order valence-corrected chi connectivity index (χ3v) is 5.08. The van der Waals surface area contributed by atoms with Gasteiger partial charge in [0, 0.05) is 29.9 Å². The minimum Gasteiger partial charge on any atom is -0.352 e. The number of aryl methyl sites for hydroxylation is 2. The van der Waals surface area contributed by atoms with E-state index in [4.69, 9.17) is 16.1 Å². The van der Waals surface area contributed by atoms with Crippen LogP contribution in [0, 0.1) is 6.92 Å². The van der Waals surface area contributed by atoms with Crippen LogP contribution in [-0.4, -0.2) is 21.0 Å². The summed E-state index contributed by atoms with van der Waals surface area (Å²) in [5.41, 5.74) is 2.70. The van der Waals surface area contributed by atoms with Crippen LogP contribution in [0.1, 0.15) is 23.4 Å². The van der Waals surface area contributed by atoms with E-state index in [2.05, 4.69) is 20.4 Å². The zero-order chi connectivity index (χ0) is 21.1. The van der Waals surface area contributed by atoms with Crippen molar-refractivity contribution in [2.45, 2.75) is 26.3 Å². The number of amides is 1. The van der Waals surface area contributed by atoms with E-state index in [1.54, 1.807) is 12.1 Å². The van der Waals surface area contributed by atoms with Crippen molar-refractivity contribution >= 4 is 28.4 Å². The summed E-state index contributed by atoms with van der Waals surface area (Å²) in [7, 11) is 0. The molecule has 0 aliphatic heterocycles. The Balaban J connectivity index is 1.41. The summed E-state index contributed by atoms with van der Waals surface area (Å²) < 4.78 is 5.23. The average Bonchev–Trinajstić information content (AvgIpc) is 3.20. The lowest BCUT2D eigenvalue weighted by Crippen LogP contribution is -2.23. The van der Waals surface area contributed by atoms with Gasteiger partial charge in [-0.2, -0.15) is 4.98 Å². The van der Waals surface area contributed by atoms with E-state index in [0.717, 1.165) is 22.0 Å². The first-order chi connectivity index (χ1) is 14.5. The molecule has 0 spiro atoms. The molecule has 2 N–H and O–H groups in total. The number of H-pyrrole nitrogens is 1. The summed E-state index contributed by atoms with van der Waals surface area (Å²) in [4.78, 5) is 31.6. The van der Waals surface area contributed by atoms with Crippen LogP contribution in [-0.2, 0) is 17.8 Å².